The number of carbonyl (C=O) groups is 1. The summed E-state index contributed by atoms with van der Waals surface area (Å²) in [5.41, 5.74) is 1.14. The Labute approximate surface area is 169 Å². The summed E-state index contributed by atoms with van der Waals surface area (Å²) in [4.78, 5) is 15.7. The first-order valence-electron chi connectivity index (χ1n) is 9.36. The average Bonchev–Trinajstić information content (AvgIpc) is 3.06. The van der Waals surface area contributed by atoms with Crippen molar-refractivity contribution in [2.24, 2.45) is 5.92 Å². The number of hydrogen-bond donors (Lipinski definition) is 1. The molecular weight excluding hydrogens is 385 g/mol. The maximum atomic E-state index is 14.7. The summed E-state index contributed by atoms with van der Waals surface area (Å²) in [5.74, 6) is 0.452. The summed E-state index contributed by atoms with van der Waals surface area (Å²) in [7, 11) is 0. The lowest BCUT2D eigenvalue weighted by Gasteiger charge is -2.33. The van der Waals surface area contributed by atoms with Gasteiger partial charge in [-0.25, -0.2) is 9.18 Å². The molecule has 5 nitrogen and oxygen atoms in total. The fourth-order valence-corrected chi connectivity index (χ4v) is 3.92. The number of carbonyl (C=O) groups excluding carboxylic acids is 1. The molecule has 0 radical (unpaired) electrons. The molecule has 2 aliphatic rings. The molecule has 0 saturated carbocycles. The molecule has 2 saturated heterocycles. The molecule has 2 fully saturated rings. The van der Waals surface area contributed by atoms with Crippen molar-refractivity contribution < 1.29 is 13.9 Å². The fraction of sp³-hybridized carbons (Fsp3) is 0.579. The number of nitrogens with zero attached hydrogens (tertiary/aromatic N) is 2. The predicted molar refractivity (Wildman–Crippen MR) is 113 cm³/mol. The highest BCUT2D eigenvalue weighted by molar-refractivity contribution is 8.22. The highest BCUT2D eigenvalue weighted by Crippen LogP contribution is 2.31. The topological polar surface area (TPSA) is 44.8 Å². The van der Waals surface area contributed by atoms with Crippen LogP contribution in [0.5, 0.6) is 0 Å². The average molecular weight is 412 g/mol. The van der Waals surface area contributed by atoms with Crippen molar-refractivity contribution in [3.63, 3.8) is 0 Å². The van der Waals surface area contributed by atoms with Crippen LogP contribution in [0.2, 0.25) is 0 Å². The molecule has 2 aliphatic heterocycles. The van der Waals surface area contributed by atoms with Gasteiger partial charge in [-0.05, 0) is 43.2 Å². The molecule has 3 rings (SSSR count). The summed E-state index contributed by atoms with van der Waals surface area (Å²) in [6, 6.07) is 5.01. The van der Waals surface area contributed by atoms with E-state index in [2.05, 4.69) is 17.1 Å². The van der Waals surface area contributed by atoms with E-state index in [0.29, 0.717) is 28.8 Å². The Balaban J connectivity index is 1.63. The van der Waals surface area contributed by atoms with Crippen LogP contribution in [0.3, 0.4) is 0 Å². The number of nitrogens with one attached hydrogen (secondary N) is 1. The Kier molecular flexibility index (Phi) is 6.81. The molecule has 1 N–H and O–H groups in total. The van der Waals surface area contributed by atoms with Gasteiger partial charge < -0.3 is 15.0 Å². The standard InChI is InChI=1S/C19H26FN3O2S2/c1-3-13-6-8-22(9-7-13)17-5-4-14(10-16(17)20)23-12-15(25-19(23)24)11-21-18(26)27-2/h4-5,10,13,15H,3,6-9,11-12H2,1-2H3,(H,21,26)/t15-/m0/s1. The summed E-state index contributed by atoms with van der Waals surface area (Å²) >= 11 is 6.53. The molecule has 27 heavy (non-hydrogen) atoms. The minimum Gasteiger partial charge on any atom is -0.442 e. The lowest BCUT2D eigenvalue weighted by atomic mass is 9.94. The molecular formula is C19H26FN3O2S2. The number of ether oxygens (including phenoxy) is 1. The number of piperidine rings is 1. The van der Waals surface area contributed by atoms with Gasteiger partial charge in [-0.1, -0.05) is 25.6 Å². The van der Waals surface area contributed by atoms with E-state index in [-0.39, 0.29) is 11.9 Å². The van der Waals surface area contributed by atoms with Crippen LogP contribution in [-0.4, -0.2) is 49.0 Å². The van der Waals surface area contributed by atoms with E-state index < -0.39 is 6.09 Å². The Hall–Kier alpha value is -1.54. The summed E-state index contributed by atoms with van der Waals surface area (Å²) in [5, 5.41) is 3.05. The third kappa shape index (κ3) is 4.85. The number of thiocarbonyl (C=S) groups is 1. The van der Waals surface area contributed by atoms with E-state index in [4.69, 9.17) is 17.0 Å². The van der Waals surface area contributed by atoms with Gasteiger partial charge in [0.2, 0.25) is 0 Å². The first-order valence-corrected chi connectivity index (χ1v) is 11.0. The maximum Gasteiger partial charge on any atom is 0.414 e. The van der Waals surface area contributed by atoms with Gasteiger partial charge in [0, 0.05) is 13.1 Å². The molecule has 0 bridgehead atoms. The van der Waals surface area contributed by atoms with Gasteiger partial charge >= 0.3 is 6.09 Å². The van der Waals surface area contributed by atoms with E-state index in [0.717, 1.165) is 31.8 Å². The zero-order valence-corrected chi connectivity index (χ0v) is 17.4. The smallest absolute Gasteiger partial charge is 0.414 e. The monoisotopic (exact) mass is 411 g/mol. The minimum atomic E-state index is -0.451. The molecule has 0 aliphatic carbocycles. The van der Waals surface area contributed by atoms with E-state index in [1.54, 1.807) is 12.1 Å². The lowest BCUT2D eigenvalue weighted by Crippen LogP contribution is -2.34. The SMILES string of the molecule is CCC1CCN(c2ccc(N3C[C@H](CNC(=S)SC)OC3=O)cc2F)CC1. The van der Waals surface area contributed by atoms with Crippen molar-refractivity contribution in [2.75, 3.05) is 42.2 Å². The molecule has 0 aromatic heterocycles. The minimum absolute atomic E-state index is 0.291. The number of rotatable bonds is 5. The molecule has 8 heteroatoms. The maximum absolute atomic E-state index is 14.7. The van der Waals surface area contributed by atoms with Crippen LogP contribution >= 0.6 is 24.0 Å². The third-order valence-electron chi connectivity index (χ3n) is 5.31. The molecule has 1 atom stereocenters. The Morgan fingerprint density at radius 2 is 2.15 bits per heavy atom. The van der Waals surface area contributed by atoms with E-state index in [1.807, 2.05) is 6.26 Å². The number of hydrogen-bond acceptors (Lipinski definition) is 5. The number of anilines is 2. The van der Waals surface area contributed by atoms with E-state index >= 15 is 0 Å². The third-order valence-corrected chi connectivity index (χ3v) is 6.47. The normalized spacial score (nSPS) is 20.7. The van der Waals surface area contributed by atoms with Crippen LogP contribution < -0.4 is 15.1 Å². The van der Waals surface area contributed by atoms with Crippen molar-refractivity contribution in [3.05, 3.63) is 24.0 Å². The Morgan fingerprint density at radius 3 is 2.78 bits per heavy atom. The molecule has 2 heterocycles. The second-order valence-corrected chi connectivity index (χ2v) is 8.45. The molecule has 1 aromatic carbocycles. The van der Waals surface area contributed by atoms with E-state index in [1.165, 1.54) is 29.1 Å². The first kappa shape index (κ1) is 20.2. The summed E-state index contributed by atoms with van der Waals surface area (Å²) in [6.07, 6.45) is 4.51. The summed E-state index contributed by atoms with van der Waals surface area (Å²) in [6.45, 7) is 4.80. The number of benzene rings is 1. The lowest BCUT2D eigenvalue weighted by molar-refractivity contribution is 0.143. The number of halogens is 1. The molecule has 1 aromatic rings. The van der Waals surface area contributed by atoms with Crippen molar-refractivity contribution >= 4 is 45.8 Å². The van der Waals surface area contributed by atoms with Crippen molar-refractivity contribution in [3.8, 4) is 0 Å². The molecule has 1 amide bonds. The van der Waals surface area contributed by atoms with Crippen LogP contribution in [0.15, 0.2) is 18.2 Å². The highest BCUT2D eigenvalue weighted by atomic mass is 32.2. The van der Waals surface area contributed by atoms with Crippen molar-refractivity contribution in [1.82, 2.24) is 5.32 Å². The largest absolute Gasteiger partial charge is 0.442 e. The first-order chi connectivity index (χ1) is 13.0. The van der Waals surface area contributed by atoms with Crippen LogP contribution in [0, 0.1) is 11.7 Å². The second kappa shape index (κ2) is 9.10. The van der Waals surface area contributed by atoms with Crippen molar-refractivity contribution in [2.45, 2.75) is 32.3 Å². The number of amides is 1. The quantitative estimate of drug-likeness (QED) is 0.739. The van der Waals surface area contributed by atoms with Crippen LogP contribution in [0.4, 0.5) is 20.6 Å². The van der Waals surface area contributed by atoms with Gasteiger partial charge in [-0.15, -0.1) is 11.8 Å². The molecule has 0 unspecified atom stereocenters. The van der Waals surface area contributed by atoms with Gasteiger partial charge in [0.25, 0.3) is 0 Å². The molecule has 148 valence electrons. The zero-order valence-electron chi connectivity index (χ0n) is 15.7. The number of thioether (sulfide) groups is 1. The summed E-state index contributed by atoms with van der Waals surface area (Å²) < 4.78 is 20.8. The number of cyclic esters (lactones) is 1. The molecule has 0 spiro atoms. The van der Waals surface area contributed by atoms with Gasteiger partial charge in [0.1, 0.15) is 16.2 Å². The zero-order chi connectivity index (χ0) is 19.4. The Bertz CT molecular complexity index is 696. The predicted octanol–water partition coefficient (Wildman–Crippen LogP) is 4.01. The highest BCUT2D eigenvalue weighted by Gasteiger charge is 2.33. The van der Waals surface area contributed by atoms with Gasteiger partial charge in [0.15, 0.2) is 0 Å². The van der Waals surface area contributed by atoms with Crippen LogP contribution in [-0.2, 0) is 4.74 Å². The fourth-order valence-electron chi connectivity index (χ4n) is 3.61. The van der Waals surface area contributed by atoms with Crippen LogP contribution in [0.1, 0.15) is 26.2 Å². The Morgan fingerprint density at radius 1 is 1.41 bits per heavy atom. The van der Waals surface area contributed by atoms with Crippen LogP contribution in [0.25, 0.3) is 0 Å². The van der Waals surface area contributed by atoms with Crippen molar-refractivity contribution in [1.29, 1.82) is 0 Å². The van der Waals surface area contributed by atoms with Gasteiger partial charge in [-0.3, -0.25) is 4.90 Å². The van der Waals surface area contributed by atoms with Gasteiger partial charge in [-0.2, -0.15) is 0 Å². The second-order valence-electron chi connectivity index (χ2n) is 6.96. The van der Waals surface area contributed by atoms with E-state index in [9.17, 15) is 9.18 Å². The van der Waals surface area contributed by atoms with Gasteiger partial charge in [0.05, 0.1) is 24.5 Å².